The van der Waals surface area contributed by atoms with Crippen molar-refractivity contribution in [2.45, 2.75) is 39.7 Å². The zero-order chi connectivity index (χ0) is 21.3. The molecule has 0 aliphatic carbocycles. The first-order valence-corrected chi connectivity index (χ1v) is 10.6. The van der Waals surface area contributed by atoms with Crippen LogP contribution in [-0.4, -0.2) is 38.4 Å². The average Bonchev–Trinajstić information content (AvgIpc) is 3.29. The second-order valence-electron chi connectivity index (χ2n) is 7.68. The Morgan fingerprint density at radius 3 is 2.53 bits per heavy atom. The van der Waals surface area contributed by atoms with Crippen LogP contribution in [-0.2, 0) is 17.8 Å². The highest BCUT2D eigenvalue weighted by atomic mass is 16.5. The van der Waals surface area contributed by atoms with Gasteiger partial charge in [0.2, 0.25) is 0 Å². The second kappa shape index (κ2) is 10.8. The van der Waals surface area contributed by atoms with Gasteiger partial charge >= 0.3 is 0 Å². The van der Waals surface area contributed by atoms with Crippen molar-refractivity contribution in [3.05, 3.63) is 59.2 Å². The third-order valence-electron chi connectivity index (χ3n) is 5.50. The van der Waals surface area contributed by atoms with Crippen LogP contribution in [0.3, 0.4) is 0 Å². The molecule has 0 unspecified atom stereocenters. The van der Waals surface area contributed by atoms with Gasteiger partial charge in [0.15, 0.2) is 6.61 Å². The van der Waals surface area contributed by atoms with Crippen molar-refractivity contribution in [1.29, 1.82) is 0 Å². The third-order valence-corrected chi connectivity index (χ3v) is 5.50. The summed E-state index contributed by atoms with van der Waals surface area (Å²) in [5.41, 5.74) is 6.71. The molecule has 3 rings (SSSR count). The van der Waals surface area contributed by atoms with Gasteiger partial charge in [0.25, 0.3) is 5.91 Å². The summed E-state index contributed by atoms with van der Waals surface area (Å²) >= 11 is 0. The Bertz CT molecular complexity index is 872. The van der Waals surface area contributed by atoms with Gasteiger partial charge in [-0.3, -0.25) is 4.79 Å². The Morgan fingerprint density at radius 1 is 1.13 bits per heavy atom. The number of amides is 1. The maximum atomic E-state index is 12.1. The highest BCUT2D eigenvalue weighted by Gasteiger charge is 2.18. The van der Waals surface area contributed by atoms with Crippen molar-refractivity contribution >= 4 is 11.6 Å². The normalized spacial score (nSPS) is 14.6. The van der Waals surface area contributed by atoms with Crippen LogP contribution in [0.15, 0.2) is 47.6 Å². The van der Waals surface area contributed by atoms with Gasteiger partial charge in [0.1, 0.15) is 18.0 Å². The Balaban J connectivity index is 1.57. The Morgan fingerprint density at radius 2 is 1.87 bits per heavy atom. The van der Waals surface area contributed by atoms with Crippen molar-refractivity contribution in [2.24, 2.45) is 5.10 Å². The summed E-state index contributed by atoms with van der Waals surface area (Å²) in [5.74, 6) is 1.29. The summed E-state index contributed by atoms with van der Waals surface area (Å²) in [6.45, 7) is 7.27. The summed E-state index contributed by atoms with van der Waals surface area (Å²) < 4.78 is 11.1. The molecule has 1 fully saturated rings. The number of nitrogens with one attached hydrogen (secondary N) is 2. The van der Waals surface area contributed by atoms with Crippen LogP contribution in [0.4, 0.5) is 0 Å². The number of hydrogen-bond acceptors (Lipinski definition) is 4. The van der Waals surface area contributed by atoms with E-state index in [0.717, 1.165) is 30.0 Å². The monoisotopic (exact) mass is 410 g/mol. The van der Waals surface area contributed by atoms with Crippen molar-refractivity contribution in [1.82, 2.24) is 5.43 Å². The molecule has 0 saturated carbocycles. The van der Waals surface area contributed by atoms with E-state index in [-0.39, 0.29) is 12.5 Å². The molecular weight excluding hydrogens is 378 g/mol. The quantitative estimate of drug-likeness (QED) is 0.493. The lowest BCUT2D eigenvalue weighted by Gasteiger charge is -2.15. The molecule has 1 aliphatic heterocycles. The van der Waals surface area contributed by atoms with Crippen molar-refractivity contribution in [3.8, 4) is 11.5 Å². The van der Waals surface area contributed by atoms with Gasteiger partial charge in [-0.05, 0) is 54.8 Å². The smallest absolute Gasteiger partial charge is 0.277 e. The Labute approximate surface area is 178 Å². The predicted octanol–water partition coefficient (Wildman–Crippen LogP) is 2.36. The molecule has 0 spiro atoms. The molecule has 160 valence electrons. The van der Waals surface area contributed by atoms with E-state index >= 15 is 0 Å². The molecule has 30 heavy (non-hydrogen) atoms. The van der Waals surface area contributed by atoms with Gasteiger partial charge in [-0.15, -0.1) is 0 Å². The number of likely N-dealkylation sites (tertiary alicyclic amines) is 1. The van der Waals surface area contributed by atoms with Gasteiger partial charge in [0.05, 0.1) is 25.9 Å². The van der Waals surface area contributed by atoms with Gasteiger partial charge in [-0.25, -0.2) is 5.43 Å². The lowest BCUT2D eigenvalue weighted by Crippen LogP contribution is -3.08. The van der Waals surface area contributed by atoms with Crippen LogP contribution in [0, 0.1) is 0 Å². The topological polar surface area (TPSA) is 64.4 Å². The first-order valence-electron chi connectivity index (χ1n) is 10.6. The molecule has 6 nitrogen and oxygen atoms in total. The molecule has 6 heteroatoms. The molecule has 1 amide bonds. The number of hydrazone groups is 1. The third kappa shape index (κ3) is 6.07. The molecule has 2 aromatic carbocycles. The molecule has 0 radical (unpaired) electrons. The molecule has 2 aromatic rings. The van der Waals surface area contributed by atoms with E-state index in [9.17, 15) is 4.79 Å². The summed E-state index contributed by atoms with van der Waals surface area (Å²) in [6.07, 6.45) is 3.55. The van der Waals surface area contributed by atoms with E-state index in [1.54, 1.807) is 12.0 Å². The minimum absolute atomic E-state index is 0.0750. The van der Waals surface area contributed by atoms with Crippen LogP contribution >= 0.6 is 0 Å². The number of hydrogen-bond donors (Lipinski definition) is 2. The Hall–Kier alpha value is -2.86. The SMILES string of the molecule is CCc1ccc(OCC(=O)N/N=C(/C)c2ccc(OC)c(C[NH+]3CCCC3)c2)cc1. The predicted molar refractivity (Wildman–Crippen MR) is 118 cm³/mol. The van der Waals surface area contributed by atoms with E-state index < -0.39 is 0 Å². The summed E-state index contributed by atoms with van der Waals surface area (Å²) in [6, 6.07) is 13.8. The largest absolute Gasteiger partial charge is 0.496 e. The Kier molecular flexibility index (Phi) is 7.85. The molecule has 0 atom stereocenters. The highest BCUT2D eigenvalue weighted by molar-refractivity contribution is 5.99. The van der Waals surface area contributed by atoms with Gasteiger partial charge in [0, 0.05) is 18.4 Å². The first-order chi connectivity index (χ1) is 14.6. The number of aryl methyl sites for hydroxylation is 1. The number of rotatable bonds is 9. The second-order valence-corrected chi connectivity index (χ2v) is 7.68. The molecule has 1 saturated heterocycles. The zero-order valence-corrected chi connectivity index (χ0v) is 18.2. The summed E-state index contributed by atoms with van der Waals surface area (Å²) in [7, 11) is 1.70. The minimum atomic E-state index is -0.288. The molecule has 1 heterocycles. The van der Waals surface area contributed by atoms with Crippen LogP contribution in [0.25, 0.3) is 0 Å². The number of benzene rings is 2. The lowest BCUT2D eigenvalue weighted by molar-refractivity contribution is -0.901. The lowest BCUT2D eigenvalue weighted by atomic mass is 10.1. The molecule has 1 aliphatic rings. The fourth-order valence-electron chi connectivity index (χ4n) is 3.68. The minimum Gasteiger partial charge on any atom is -0.496 e. The number of nitrogens with zero attached hydrogens (tertiary/aromatic N) is 1. The molecule has 2 N–H and O–H groups in total. The summed E-state index contributed by atoms with van der Waals surface area (Å²) in [4.78, 5) is 13.7. The first kappa shape index (κ1) is 21.8. The number of carbonyl (C=O) groups is 1. The van der Waals surface area contributed by atoms with E-state index in [0.29, 0.717) is 5.75 Å². The molecular formula is C24H32N3O3+. The van der Waals surface area contributed by atoms with E-state index in [1.807, 2.05) is 43.3 Å². The van der Waals surface area contributed by atoms with Crippen LogP contribution < -0.4 is 19.8 Å². The van der Waals surface area contributed by atoms with E-state index in [2.05, 4.69) is 23.5 Å². The van der Waals surface area contributed by atoms with Gasteiger partial charge < -0.3 is 14.4 Å². The maximum Gasteiger partial charge on any atom is 0.277 e. The fourth-order valence-corrected chi connectivity index (χ4v) is 3.68. The number of quaternary nitrogens is 1. The molecule has 0 bridgehead atoms. The number of ether oxygens (including phenoxy) is 2. The summed E-state index contributed by atoms with van der Waals surface area (Å²) in [5, 5.41) is 4.25. The van der Waals surface area contributed by atoms with Crippen LogP contribution in [0.1, 0.15) is 43.4 Å². The molecule has 0 aromatic heterocycles. The van der Waals surface area contributed by atoms with E-state index in [1.165, 1.54) is 37.1 Å². The van der Waals surface area contributed by atoms with Crippen molar-refractivity contribution < 1.29 is 19.2 Å². The number of carbonyl (C=O) groups excluding carboxylic acids is 1. The van der Waals surface area contributed by atoms with Crippen molar-refractivity contribution in [3.63, 3.8) is 0 Å². The maximum absolute atomic E-state index is 12.1. The van der Waals surface area contributed by atoms with Gasteiger partial charge in [-0.2, -0.15) is 5.10 Å². The van der Waals surface area contributed by atoms with Gasteiger partial charge in [-0.1, -0.05) is 19.1 Å². The van der Waals surface area contributed by atoms with Crippen LogP contribution in [0.5, 0.6) is 11.5 Å². The van der Waals surface area contributed by atoms with Crippen molar-refractivity contribution in [2.75, 3.05) is 26.8 Å². The fraction of sp³-hybridized carbons (Fsp3) is 0.417. The van der Waals surface area contributed by atoms with E-state index in [4.69, 9.17) is 9.47 Å². The standard InChI is InChI=1S/C24H31N3O3/c1-4-19-7-10-22(11-8-19)30-17-24(28)26-25-18(2)20-9-12-23(29-3)21(15-20)16-27-13-5-6-14-27/h7-12,15H,4-6,13-14,16-17H2,1-3H3,(H,26,28)/p+1/b25-18-. The van der Waals surface area contributed by atoms with Crippen LogP contribution in [0.2, 0.25) is 0 Å². The zero-order valence-electron chi connectivity index (χ0n) is 18.2. The number of methoxy groups -OCH3 is 1. The highest BCUT2D eigenvalue weighted by Crippen LogP contribution is 2.20. The average molecular weight is 411 g/mol.